The van der Waals surface area contributed by atoms with Crippen LogP contribution in [-0.2, 0) is 4.79 Å². The van der Waals surface area contributed by atoms with Crippen LogP contribution in [0.1, 0.15) is 18.4 Å². The first-order valence-electron chi connectivity index (χ1n) is 6.50. The number of rotatable bonds is 5. The van der Waals surface area contributed by atoms with Crippen LogP contribution in [0.25, 0.3) is 0 Å². The minimum Gasteiger partial charge on any atom is -0.390 e. The molecule has 5 heteroatoms. The first-order valence-corrected chi connectivity index (χ1v) is 7.04. The zero-order valence-electron chi connectivity index (χ0n) is 11.0. The number of nitrogens with one attached hydrogen (secondary N) is 1. The number of anilines is 2. The van der Waals surface area contributed by atoms with Crippen molar-refractivity contribution >= 4 is 28.9 Å². The number of aryl methyl sites for hydroxylation is 1. The third-order valence-electron chi connectivity index (χ3n) is 3.31. The van der Waals surface area contributed by atoms with Crippen molar-refractivity contribution < 1.29 is 9.90 Å². The smallest absolute Gasteiger partial charge is 0.227 e. The van der Waals surface area contributed by atoms with Gasteiger partial charge >= 0.3 is 0 Å². The van der Waals surface area contributed by atoms with E-state index in [0.717, 1.165) is 29.9 Å². The number of hydrogen-bond donors (Lipinski definition) is 2. The summed E-state index contributed by atoms with van der Waals surface area (Å²) in [6.07, 6.45) is 0.973. The third-order valence-corrected chi connectivity index (χ3v) is 3.67. The number of alkyl halides is 1. The Balaban J connectivity index is 2.12. The molecule has 0 spiro atoms. The van der Waals surface area contributed by atoms with Gasteiger partial charge in [-0.2, -0.15) is 0 Å². The molecule has 0 saturated carbocycles. The maximum absolute atomic E-state index is 11.7. The summed E-state index contributed by atoms with van der Waals surface area (Å²) in [5, 5.41) is 12.6. The lowest BCUT2D eigenvalue weighted by Crippen LogP contribution is -2.24. The number of carbonyl (C=O) groups excluding carboxylic acids is 1. The first-order chi connectivity index (χ1) is 9.11. The summed E-state index contributed by atoms with van der Waals surface area (Å²) in [6, 6.07) is 5.90. The van der Waals surface area contributed by atoms with E-state index in [4.69, 9.17) is 11.6 Å². The molecule has 4 nitrogen and oxygen atoms in total. The Labute approximate surface area is 118 Å². The number of aliphatic hydroxyl groups is 1. The van der Waals surface area contributed by atoms with Crippen molar-refractivity contribution in [2.24, 2.45) is 0 Å². The van der Waals surface area contributed by atoms with Gasteiger partial charge < -0.3 is 15.3 Å². The lowest BCUT2D eigenvalue weighted by atomic mass is 10.1. The molecule has 0 aliphatic carbocycles. The Hall–Kier alpha value is -1.26. The second kappa shape index (κ2) is 6.26. The van der Waals surface area contributed by atoms with E-state index in [1.54, 1.807) is 0 Å². The molecule has 0 aromatic heterocycles. The summed E-state index contributed by atoms with van der Waals surface area (Å²) < 4.78 is 0. The molecule has 1 saturated heterocycles. The average Bonchev–Trinajstić information content (AvgIpc) is 2.83. The van der Waals surface area contributed by atoms with E-state index in [1.807, 2.05) is 30.0 Å². The summed E-state index contributed by atoms with van der Waals surface area (Å²) in [5.41, 5.74) is 2.93. The van der Waals surface area contributed by atoms with Gasteiger partial charge in [-0.05, 0) is 31.0 Å². The van der Waals surface area contributed by atoms with Crippen LogP contribution in [0.4, 0.5) is 11.4 Å². The summed E-state index contributed by atoms with van der Waals surface area (Å²) in [7, 11) is 0. The Bertz CT molecular complexity index is 465. The fourth-order valence-corrected chi connectivity index (χ4v) is 2.28. The van der Waals surface area contributed by atoms with Crippen molar-refractivity contribution in [1.29, 1.82) is 0 Å². The van der Waals surface area contributed by atoms with Crippen molar-refractivity contribution in [2.45, 2.75) is 25.9 Å². The first kappa shape index (κ1) is 14.2. The molecule has 1 aromatic rings. The minimum atomic E-state index is -0.571. The van der Waals surface area contributed by atoms with Gasteiger partial charge in [-0.15, -0.1) is 11.6 Å². The maximum atomic E-state index is 11.7. The topological polar surface area (TPSA) is 52.6 Å². The number of hydrogen-bond acceptors (Lipinski definition) is 3. The average molecular weight is 283 g/mol. The Morgan fingerprint density at radius 3 is 2.95 bits per heavy atom. The molecule has 1 amide bonds. The number of amides is 1. The summed E-state index contributed by atoms with van der Waals surface area (Å²) in [4.78, 5) is 13.5. The molecule has 2 rings (SSSR count). The summed E-state index contributed by atoms with van der Waals surface area (Å²) >= 11 is 5.57. The zero-order valence-corrected chi connectivity index (χ0v) is 11.8. The third kappa shape index (κ3) is 3.39. The van der Waals surface area contributed by atoms with Gasteiger partial charge in [0.1, 0.15) is 0 Å². The molecular formula is C14H19ClN2O2. The van der Waals surface area contributed by atoms with Crippen molar-refractivity contribution in [3.8, 4) is 0 Å². The zero-order chi connectivity index (χ0) is 13.8. The van der Waals surface area contributed by atoms with E-state index in [-0.39, 0.29) is 11.8 Å². The lowest BCUT2D eigenvalue weighted by Gasteiger charge is -2.19. The van der Waals surface area contributed by atoms with Crippen LogP contribution in [0.5, 0.6) is 0 Å². The fourth-order valence-electron chi connectivity index (χ4n) is 2.17. The lowest BCUT2D eigenvalue weighted by molar-refractivity contribution is -0.117. The predicted molar refractivity (Wildman–Crippen MR) is 78.0 cm³/mol. The van der Waals surface area contributed by atoms with Crippen LogP contribution in [0.15, 0.2) is 18.2 Å². The fraction of sp³-hybridized carbons (Fsp3) is 0.500. The molecule has 1 aliphatic rings. The van der Waals surface area contributed by atoms with Gasteiger partial charge in [-0.3, -0.25) is 4.79 Å². The molecule has 1 heterocycles. The van der Waals surface area contributed by atoms with Crippen LogP contribution in [0, 0.1) is 6.92 Å². The van der Waals surface area contributed by atoms with Gasteiger partial charge in [0, 0.05) is 30.9 Å². The molecular weight excluding hydrogens is 264 g/mol. The monoisotopic (exact) mass is 282 g/mol. The highest BCUT2D eigenvalue weighted by molar-refractivity contribution is 6.18. The molecule has 0 bridgehead atoms. The van der Waals surface area contributed by atoms with Crippen molar-refractivity contribution in [2.75, 3.05) is 29.2 Å². The molecule has 1 aliphatic heterocycles. The van der Waals surface area contributed by atoms with Crippen LogP contribution in [-0.4, -0.2) is 36.1 Å². The number of benzene rings is 1. The normalized spacial score (nSPS) is 16.8. The maximum Gasteiger partial charge on any atom is 0.227 e. The van der Waals surface area contributed by atoms with E-state index in [9.17, 15) is 9.90 Å². The Morgan fingerprint density at radius 1 is 1.53 bits per heavy atom. The van der Waals surface area contributed by atoms with Crippen molar-refractivity contribution in [3.05, 3.63) is 23.8 Å². The Kier molecular flexibility index (Phi) is 4.66. The van der Waals surface area contributed by atoms with E-state index in [1.165, 1.54) is 0 Å². The van der Waals surface area contributed by atoms with E-state index >= 15 is 0 Å². The van der Waals surface area contributed by atoms with Crippen LogP contribution < -0.4 is 10.2 Å². The van der Waals surface area contributed by atoms with Gasteiger partial charge in [0.2, 0.25) is 5.91 Å². The van der Waals surface area contributed by atoms with E-state index in [2.05, 4.69) is 5.32 Å². The standard InChI is InChI=1S/C14H19ClN2O2/c1-10-4-5-11(17-6-2-3-14(17)19)7-13(10)16-9-12(18)8-15/h4-5,7,12,16,18H,2-3,6,8-9H2,1H3. The van der Waals surface area contributed by atoms with E-state index in [0.29, 0.717) is 13.0 Å². The van der Waals surface area contributed by atoms with Crippen molar-refractivity contribution in [3.63, 3.8) is 0 Å². The number of aliphatic hydroxyl groups excluding tert-OH is 1. The molecule has 2 N–H and O–H groups in total. The van der Waals surface area contributed by atoms with Gasteiger partial charge in [-0.25, -0.2) is 0 Å². The number of nitrogens with zero attached hydrogens (tertiary/aromatic N) is 1. The molecule has 19 heavy (non-hydrogen) atoms. The summed E-state index contributed by atoms with van der Waals surface area (Å²) in [5.74, 6) is 0.381. The molecule has 0 radical (unpaired) electrons. The quantitative estimate of drug-likeness (QED) is 0.814. The second-order valence-corrected chi connectivity index (χ2v) is 5.15. The SMILES string of the molecule is Cc1ccc(N2CCCC2=O)cc1NCC(O)CCl. The van der Waals surface area contributed by atoms with Gasteiger partial charge in [-0.1, -0.05) is 6.07 Å². The van der Waals surface area contributed by atoms with Gasteiger partial charge in [0.05, 0.1) is 12.0 Å². The van der Waals surface area contributed by atoms with Crippen LogP contribution >= 0.6 is 11.6 Å². The largest absolute Gasteiger partial charge is 0.390 e. The van der Waals surface area contributed by atoms with E-state index < -0.39 is 6.10 Å². The minimum absolute atomic E-state index is 0.176. The Morgan fingerprint density at radius 2 is 2.32 bits per heavy atom. The summed E-state index contributed by atoms with van der Waals surface area (Å²) in [6.45, 7) is 3.18. The number of halogens is 1. The highest BCUT2D eigenvalue weighted by Gasteiger charge is 2.22. The highest BCUT2D eigenvalue weighted by Crippen LogP contribution is 2.26. The molecule has 1 aromatic carbocycles. The number of carbonyl (C=O) groups is 1. The second-order valence-electron chi connectivity index (χ2n) is 4.84. The molecule has 1 atom stereocenters. The molecule has 1 unspecified atom stereocenters. The van der Waals surface area contributed by atoms with Gasteiger partial charge in [0.25, 0.3) is 0 Å². The highest BCUT2D eigenvalue weighted by atomic mass is 35.5. The van der Waals surface area contributed by atoms with Gasteiger partial charge in [0.15, 0.2) is 0 Å². The molecule has 1 fully saturated rings. The molecule has 104 valence electrons. The van der Waals surface area contributed by atoms with Crippen LogP contribution in [0.3, 0.4) is 0 Å². The predicted octanol–water partition coefficient (Wildman–Crippen LogP) is 2.13. The van der Waals surface area contributed by atoms with Crippen LogP contribution in [0.2, 0.25) is 0 Å². The van der Waals surface area contributed by atoms with Crippen molar-refractivity contribution in [1.82, 2.24) is 0 Å².